The quantitative estimate of drug-likeness (QED) is 0.531. The molecule has 3 amide bonds. The second kappa shape index (κ2) is 10.1. The molecule has 0 bridgehead atoms. The first-order chi connectivity index (χ1) is 19.0. The Balaban J connectivity index is 1.10. The van der Waals surface area contributed by atoms with E-state index >= 15 is 0 Å². The Morgan fingerprint density at radius 2 is 1.69 bits per heavy atom. The number of likely N-dealkylation sites (tertiary alicyclic amines) is 1. The van der Waals surface area contributed by atoms with E-state index in [4.69, 9.17) is 4.74 Å². The number of hydrogen-bond donors (Lipinski definition) is 1. The summed E-state index contributed by atoms with van der Waals surface area (Å²) in [4.78, 5) is 44.1. The molecular formula is C31H36N4O4. The van der Waals surface area contributed by atoms with Gasteiger partial charge in [-0.1, -0.05) is 30.3 Å². The zero-order chi connectivity index (χ0) is 26.5. The number of amides is 3. The van der Waals surface area contributed by atoms with Crippen molar-refractivity contribution >= 4 is 17.7 Å². The van der Waals surface area contributed by atoms with Gasteiger partial charge in [-0.25, -0.2) is 0 Å². The summed E-state index contributed by atoms with van der Waals surface area (Å²) < 4.78 is 6.81. The normalized spacial score (nSPS) is 27.6. The average Bonchev–Trinajstić information content (AvgIpc) is 3.86. The number of carbonyl (C=O) groups excluding carboxylic acids is 3. The molecule has 8 heteroatoms. The van der Waals surface area contributed by atoms with Crippen LogP contribution in [0.25, 0.3) is 0 Å². The van der Waals surface area contributed by atoms with E-state index in [2.05, 4.69) is 45.4 Å². The van der Waals surface area contributed by atoms with Gasteiger partial charge in [0.25, 0.3) is 5.91 Å². The Morgan fingerprint density at radius 1 is 0.923 bits per heavy atom. The molecule has 0 aromatic heterocycles. The van der Waals surface area contributed by atoms with E-state index in [9.17, 15) is 14.4 Å². The summed E-state index contributed by atoms with van der Waals surface area (Å²) in [5.41, 5.74) is 2.83. The second-order valence-electron chi connectivity index (χ2n) is 11.9. The minimum atomic E-state index is -0.605. The van der Waals surface area contributed by atoms with Gasteiger partial charge in [-0.05, 0) is 67.9 Å². The maximum atomic E-state index is 13.2. The lowest BCUT2D eigenvalue weighted by Crippen LogP contribution is -2.57. The van der Waals surface area contributed by atoms with Crippen molar-refractivity contribution in [2.45, 2.75) is 88.3 Å². The van der Waals surface area contributed by atoms with E-state index in [1.165, 1.54) is 31.2 Å². The highest BCUT2D eigenvalue weighted by atomic mass is 16.5. The van der Waals surface area contributed by atoms with Crippen LogP contribution in [0.15, 0.2) is 48.5 Å². The molecule has 3 atom stereocenters. The van der Waals surface area contributed by atoms with Gasteiger partial charge in [0.2, 0.25) is 11.8 Å². The van der Waals surface area contributed by atoms with E-state index < -0.39 is 6.04 Å². The lowest BCUT2D eigenvalue weighted by molar-refractivity contribution is -0.136. The summed E-state index contributed by atoms with van der Waals surface area (Å²) in [5.74, 6) is -0.0161. The van der Waals surface area contributed by atoms with Crippen LogP contribution in [-0.2, 0) is 22.7 Å². The predicted octanol–water partition coefficient (Wildman–Crippen LogP) is 3.10. The molecule has 1 unspecified atom stereocenters. The van der Waals surface area contributed by atoms with Crippen LogP contribution in [0.1, 0.15) is 66.4 Å². The Hall–Kier alpha value is -3.23. The fraction of sp³-hybridized carbons (Fsp3) is 0.516. The Kier molecular flexibility index (Phi) is 6.40. The van der Waals surface area contributed by atoms with Crippen LogP contribution in [0.4, 0.5) is 0 Å². The molecule has 0 radical (unpaired) electrons. The summed E-state index contributed by atoms with van der Waals surface area (Å²) in [6, 6.07) is 17.6. The maximum Gasteiger partial charge on any atom is 0.255 e. The third-order valence-electron chi connectivity index (χ3n) is 8.96. The largest absolute Gasteiger partial charge is 0.487 e. The van der Waals surface area contributed by atoms with Gasteiger partial charge in [0.05, 0.1) is 0 Å². The fourth-order valence-corrected chi connectivity index (χ4v) is 6.79. The summed E-state index contributed by atoms with van der Waals surface area (Å²) in [7, 11) is 0. The zero-order valence-corrected chi connectivity index (χ0v) is 22.3. The summed E-state index contributed by atoms with van der Waals surface area (Å²) in [5, 5.41) is 2.38. The number of carbonyl (C=O) groups is 3. The van der Waals surface area contributed by atoms with Crippen molar-refractivity contribution < 1.29 is 19.1 Å². The highest BCUT2D eigenvalue weighted by Gasteiger charge is 2.47. The highest BCUT2D eigenvalue weighted by Crippen LogP contribution is 2.42. The van der Waals surface area contributed by atoms with Crippen LogP contribution < -0.4 is 10.1 Å². The van der Waals surface area contributed by atoms with Crippen molar-refractivity contribution in [2.24, 2.45) is 0 Å². The molecule has 2 saturated carbocycles. The van der Waals surface area contributed by atoms with Gasteiger partial charge in [-0.15, -0.1) is 0 Å². The van der Waals surface area contributed by atoms with Gasteiger partial charge < -0.3 is 9.64 Å². The molecule has 4 fully saturated rings. The van der Waals surface area contributed by atoms with Crippen molar-refractivity contribution in [3.8, 4) is 5.75 Å². The van der Waals surface area contributed by atoms with Crippen molar-refractivity contribution in [1.82, 2.24) is 20.0 Å². The van der Waals surface area contributed by atoms with E-state index in [0.717, 1.165) is 37.4 Å². The molecule has 7 rings (SSSR count). The van der Waals surface area contributed by atoms with Crippen LogP contribution in [0.2, 0.25) is 0 Å². The first-order valence-corrected chi connectivity index (χ1v) is 14.5. The van der Waals surface area contributed by atoms with Crippen LogP contribution in [0.5, 0.6) is 5.75 Å². The predicted molar refractivity (Wildman–Crippen MR) is 145 cm³/mol. The van der Waals surface area contributed by atoms with Crippen molar-refractivity contribution in [3.63, 3.8) is 0 Å². The summed E-state index contributed by atoms with van der Waals surface area (Å²) >= 11 is 0. The smallest absolute Gasteiger partial charge is 0.255 e. The molecule has 2 aromatic carbocycles. The number of piperidine rings is 2. The first kappa shape index (κ1) is 24.8. The number of imide groups is 1. The number of nitrogens with one attached hydrogen (secondary N) is 1. The number of ether oxygens (including phenoxy) is 1. The minimum Gasteiger partial charge on any atom is -0.487 e. The molecule has 2 saturated heterocycles. The average molecular weight is 529 g/mol. The topological polar surface area (TPSA) is 82.2 Å². The van der Waals surface area contributed by atoms with Crippen molar-refractivity contribution in [1.29, 1.82) is 0 Å². The summed E-state index contributed by atoms with van der Waals surface area (Å²) in [6.07, 6.45) is 6.95. The van der Waals surface area contributed by atoms with Gasteiger partial charge in [-0.3, -0.25) is 29.5 Å². The van der Waals surface area contributed by atoms with Crippen LogP contribution in [0, 0.1) is 0 Å². The Morgan fingerprint density at radius 3 is 2.41 bits per heavy atom. The lowest BCUT2D eigenvalue weighted by Gasteiger charge is -2.44. The molecule has 3 aliphatic heterocycles. The minimum absolute atomic E-state index is 0.0463. The van der Waals surface area contributed by atoms with Gasteiger partial charge in [0.15, 0.2) is 0 Å². The third kappa shape index (κ3) is 5.08. The van der Waals surface area contributed by atoms with E-state index in [1.807, 2.05) is 18.2 Å². The zero-order valence-electron chi connectivity index (χ0n) is 22.3. The van der Waals surface area contributed by atoms with Gasteiger partial charge in [-0.2, -0.15) is 0 Å². The van der Waals surface area contributed by atoms with Crippen LogP contribution in [0.3, 0.4) is 0 Å². The molecule has 39 heavy (non-hydrogen) atoms. The number of nitrogens with zero attached hydrogens (tertiary/aromatic N) is 3. The van der Waals surface area contributed by atoms with Crippen LogP contribution >= 0.6 is 0 Å². The Bertz CT molecular complexity index is 1260. The number of benzene rings is 2. The third-order valence-corrected chi connectivity index (χ3v) is 8.96. The van der Waals surface area contributed by atoms with E-state index in [-0.39, 0.29) is 30.2 Å². The molecular weight excluding hydrogens is 492 g/mol. The van der Waals surface area contributed by atoms with Crippen LogP contribution in [-0.4, -0.2) is 75.8 Å². The highest BCUT2D eigenvalue weighted by molar-refractivity contribution is 6.05. The maximum absolute atomic E-state index is 13.2. The standard InChI is InChI=1S/C31H36N4O4/c36-29-13-12-27(30(37)32-29)34-18-21-16-24(10-11-25(21)31(34)38)39-28-19-33(17-20-4-2-1-3-5-20)15-14-26(28)35(22-6-7-22)23-8-9-23/h1-5,10-11,16,22-23,26-28H,6-9,12-15,17-19H2,(H,32,36,37)/t26-,27?,28-/m1/s1. The molecule has 2 aromatic rings. The fourth-order valence-electron chi connectivity index (χ4n) is 6.79. The number of hydrogen-bond acceptors (Lipinski definition) is 6. The number of rotatable bonds is 8. The number of fused-ring (bicyclic) bond motifs is 1. The van der Waals surface area contributed by atoms with Gasteiger partial charge >= 0.3 is 0 Å². The van der Waals surface area contributed by atoms with Gasteiger partial charge in [0.1, 0.15) is 17.9 Å². The molecule has 3 heterocycles. The Labute approximate surface area is 229 Å². The lowest BCUT2D eigenvalue weighted by atomic mass is 9.98. The molecule has 0 spiro atoms. The van der Waals surface area contributed by atoms with Gasteiger partial charge in [0, 0.05) is 56.3 Å². The van der Waals surface area contributed by atoms with E-state index in [0.29, 0.717) is 36.7 Å². The molecule has 5 aliphatic rings. The van der Waals surface area contributed by atoms with Crippen molar-refractivity contribution in [2.75, 3.05) is 13.1 Å². The monoisotopic (exact) mass is 528 g/mol. The summed E-state index contributed by atoms with van der Waals surface area (Å²) in [6.45, 7) is 3.21. The first-order valence-electron chi connectivity index (χ1n) is 14.5. The SMILES string of the molecule is O=C1CCC(N2Cc3cc(O[C@@H]4CN(Cc5ccccc5)CC[C@H]4N(C4CC4)C4CC4)ccc3C2=O)C(=O)N1. The molecule has 8 nitrogen and oxygen atoms in total. The van der Waals surface area contributed by atoms with Crippen molar-refractivity contribution in [3.05, 3.63) is 65.2 Å². The second-order valence-corrected chi connectivity index (χ2v) is 11.9. The molecule has 2 aliphatic carbocycles. The molecule has 1 N–H and O–H groups in total. The molecule has 204 valence electrons. The van der Waals surface area contributed by atoms with E-state index in [1.54, 1.807) is 4.90 Å².